The van der Waals surface area contributed by atoms with Crippen molar-refractivity contribution in [2.75, 3.05) is 19.2 Å². The van der Waals surface area contributed by atoms with Crippen molar-refractivity contribution in [3.05, 3.63) is 287 Å². The molecular weight excluding hydrogens is 894 g/mol. The van der Waals surface area contributed by atoms with Crippen LogP contribution in [0.1, 0.15) is 44.5 Å². The summed E-state index contributed by atoms with van der Waals surface area (Å²) in [5.41, 5.74) is 32.2. The predicted octanol–water partition coefficient (Wildman–Crippen LogP) is 14.4. The molecule has 0 unspecified atom stereocenters. The van der Waals surface area contributed by atoms with E-state index in [1.807, 2.05) is 0 Å². The van der Waals surface area contributed by atoms with E-state index in [9.17, 15) is 0 Å². The normalized spacial score (nSPS) is 16.2. The van der Waals surface area contributed by atoms with Crippen LogP contribution in [0.25, 0.3) is 44.5 Å². The number of anilines is 8. The Bertz CT molecular complexity index is 4050. The van der Waals surface area contributed by atoms with Crippen molar-refractivity contribution >= 4 is 70.4 Å². The van der Waals surface area contributed by atoms with Crippen molar-refractivity contribution in [3.8, 4) is 44.5 Å². The van der Waals surface area contributed by atoms with E-state index in [-0.39, 0.29) is 14.0 Å². The number of fused-ring (bicyclic) bond motifs is 36. The summed E-state index contributed by atoms with van der Waals surface area (Å²) in [5.74, 6) is 0. The molecule has 19 rings (SSSR count). The third-order valence-electron chi connectivity index (χ3n) is 18.5. The highest BCUT2D eigenvalue weighted by atomic mass is 15.4. The van der Waals surface area contributed by atoms with Gasteiger partial charge in [-0.25, -0.2) is 0 Å². The van der Waals surface area contributed by atoms with E-state index in [1.165, 1.54) is 145 Å². The molecule has 0 fully saturated rings. The highest BCUT2D eigenvalue weighted by molar-refractivity contribution is 6.88. The third-order valence-corrected chi connectivity index (χ3v) is 18.5. The molecule has 6 aliphatic heterocycles. The molecule has 0 atom stereocenters. The lowest BCUT2D eigenvalue weighted by Crippen LogP contribution is -2.58. The van der Waals surface area contributed by atoms with Gasteiger partial charge in [0, 0.05) is 45.0 Å². The SMILES string of the molecule is c1ccc2c(c1)B1N(c3ccccc3-2)c2c3c(c4c5c2C2(c6ccccc6-c6ccccc62)c2ccccc2N5B2c5ccccc5-c5ccccc5N24)C2(c4ccccc4-c4ccccc42)c2ccccc2N13. The first-order valence-corrected chi connectivity index (χ1v) is 26.2. The van der Waals surface area contributed by atoms with Crippen LogP contribution in [0.15, 0.2) is 243 Å². The third kappa shape index (κ3) is 3.99. The molecule has 338 valence electrons. The number of hydrogen-bond acceptors (Lipinski definition) is 4. The minimum atomic E-state index is -0.718. The Morgan fingerprint density at radius 2 is 0.459 bits per heavy atom. The van der Waals surface area contributed by atoms with Gasteiger partial charge in [0.15, 0.2) is 0 Å². The van der Waals surface area contributed by atoms with E-state index < -0.39 is 10.8 Å². The van der Waals surface area contributed by atoms with Gasteiger partial charge in [-0.1, -0.05) is 218 Å². The van der Waals surface area contributed by atoms with Gasteiger partial charge in [0.25, 0.3) is 0 Å². The topological polar surface area (TPSA) is 13.0 Å². The lowest BCUT2D eigenvalue weighted by atomic mass is 9.56. The second kappa shape index (κ2) is 13.0. The molecule has 0 saturated heterocycles. The Balaban J connectivity index is 1.12. The minimum Gasteiger partial charge on any atom is -0.359 e. The van der Waals surface area contributed by atoms with Crippen molar-refractivity contribution in [1.82, 2.24) is 0 Å². The highest BCUT2D eigenvalue weighted by Crippen LogP contribution is 2.77. The van der Waals surface area contributed by atoms with Crippen LogP contribution in [-0.2, 0) is 10.8 Å². The monoisotopic (exact) mass is 934 g/mol. The molecular formula is C68H40B2N4. The molecule has 11 aromatic carbocycles. The van der Waals surface area contributed by atoms with Crippen LogP contribution in [0.3, 0.4) is 0 Å². The van der Waals surface area contributed by atoms with Crippen LogP contribution in [0.4, 0.5) is 45.5 Å². The molecule has 4 nitrogen and oxygen atoms in total. The zero-order chi connectivity index (χ0) is 47.8. The van der Waals surface area contributed by atoms with Crippen LogP contribution < -0.4 is 30.2 Å². The first-order chi connectivity index (χ1) is 36.8. The average Bonchev–Trinajstić information content (AvgIpc) is 4.26. The van der Waals surface area contributed by atoms with Crippen LogP contribution in [0.2, 0.25) is 0 Å². The van der Waals surface area contributed by atoms with Crippen molar-refractivity contribution in [2.24, 2.45) is 0 Å². The molecule has 0 radical (unpaired) electrons. The molecule has 11 aromatic rings. The molecule has 6 heteroatoms. The van der Waals surface area contributed by atoms with Gasteiger partial charge in [0.1, 0.15) is 0 Å². The quantitative estimate of drug-likeness (QED) is 0.140. The summed E-state index contributed by atoms with van der Waals surface area (Å²) < 4.78 is 0. The molecule has 0 N–H and O–H groups in total. The number of nitrogens with zero attached hydrogens (tertiary/aromatic N) is 4. The van der Waals surface area contributed by atoms with Gasteiger partial charge in [-0.15, -0.1) is 0 Å². The fourth-order valence-corrected chi connectivity index (χ4v) is 16.2. The largest absolute Gasteiger partial charge is 0.421 e. The maximum Gasteiger partial charge on any atom is 0.421 e. The van der Waals surface area contributed by atoms with Gasteiger partial charge in [0.2, 0.25) is 0 Å². The summed E-state index contributed by atoms with van der Waals surface area (Å²) in [7, 11) is 0. The molecule has 8 aliphatic rings. The van der Waals surface area contributed by atoms with Crippen molar-refractivity contribution in [3.63, 3.8) is 0 Å². The molecule has 0 aromatic heterocycles. The average molecular weight is 935 g/mol. The Morgan fingerprint density at radius 1 is 0.216 bits per heavy atom. The zero-order valence-electron chi connectivity index (χ0n) is 40.0. The lowest BCUT2D eigenvalue weighted by Gasteiger charge is -2.48. The van der Waals surface area contributed by atoms with E-state index in [0.717, 1.165) is 0 Å². The van der Waals surface area contributed by atoms with Gasteiger partial charge in [0.05, 0.1) is 33.6 Å². The molecule has 0 amide bonds. The van der Waals surface area contributed by atoms with Gasteiger partial charge >= 0.3 is 14.0 Å². The van der Waals surface area contributed by atoms with Crippen LogP contribution in [0, 0.1) is 0 Å². The maximum absolute atomic E-state index is 2.81. The van der Waals surface area contributed by atoms with Crippen LogP contribution in [0.5, 0.6) is 0 Å². The maximum atomic E-state index is 2.81. The second-order valence-corrected chi connectivity index (χ2v) is 21.3. The molecule has 2 aliphatic carbocycles. The summed E-state index contributed by atoms with van der Waals surface area (Å²) in [5, 5.41) is 0. The van der Waals surface area contributed by atoms with E-state index in [4.69, 9.17) is 0 Å². The molecule has 6 heterocycles. The predicted molar refractivity (Wildman–Crippen MR) is 304 cm³/mol. The molecule has 74 heavy (non-hydrogen) atoms. The van der Waals surface area contributed by atoms with Crippen molar-refractivity contribution < 1.29 is 0 Å². The van der Waals surface area contributed by atoms with E-state index in [0.29, 0.717) is 0 Å². The van der Waals surface area contributed by atoms with Crippen molar-refractivity contribution in [2.45, 2.75) is 10.8 Å². The fourth-order valence-electron chi connectivity index (χ4n) is 16.2. The lowest BCUT2D eigenvalue weighted by molar-refractivity contribution is 0.743. The first kappa shape index (κ1) is 38.4. The van der Waals surface area contributed by atoms with Crippen LogP contribution in [-0.4, -0.2) is 14.0 Å². The zero-order valence-corrected chi connectivity index (χ0v) is 40.0. The van der Waals surface area contributed by atoms with Gasteiger partial charge in [-0.2, -0.15) is 0 Å². The standard InChI is InChI=1S/C68H40B2N4/c1-9-29-49-41(21-1)42-22-2-10-30-50(42)67(49)53-33-13-19-39-59(53)73-65-61(67)63-66-62(64(65)72-58-38-18-8-28-48(58)46-26-6-16-36-56(46)70(72)73)68(51-31-11-3-23-43(51)44-24-4-12-32-52(44)68)54-34-14-20-40-60(54)74(66)69-55-35-15-5-25-45(55)47-27-7-17-37-57(47)71(63)69/h1-40H. The van der Waals surface area contributed by atoms with Crippen molar-refractivity contribution in [1.29, 1.82) is 0 Å². The number of rotatable bonds is 0. The second-order valence-electron chi connectivity index (χ2n) is 21.3. The highest BCUT2D eigenvalue weighted by Gasteiger charge is 2.67. The Labute approximate surface area is 429 Å². The van der Waals surface area contributed by atoms with Gasteiger partial charge < -0.3 is 19.2 Å². The minimum absolute atomic E-state index is 0.196. The summed E-state index contributed by atoms with van der Waals surface area (Å²) in [6.07, 6.45) is 0. The smallest absolute Gasteiger partial charge is 0.359 e. The Hall–Kier alpha value is -9.25. The van der Waals surface area contributed by atoms with E-state index in [2.05, 4.69) is 262 Å². The summed E-state index contributed by atoms with van der Waals surface area (Å²) >= 11 is 0. The summed E-state index contributed by atoms with van der Waals surface area (Å²) in [6.45, 7) is -0.391. The number of benzene rings is 11. The van der Waals surface area contributed by atoms with E-state index >= 15 is 0 Å². The summed E-state index contributed by atoms with van der Waals surface area (Å²) in [4.78, 5) is 11.2. The Morgan fingerprint density at radius 3 is 0.811 bits per heavy atom. The molecule has 2 spiro atoms. The van der Waals surface area contributed by atoms with Gasteiger partial charge in [-0.3, -0.25) is 0 Å². The Kier molecular flexibility index (Phi) is 6.77. The van der Waals surface area contributed by atoms with Crippen LogP contribution >= 0.6 is 0 Å². The summed E-state index contributed by atoms with van der Waals surface area (Å²) in [6, 6.07) is 93.4. The van der Waals surface area contributed by atoms with Gasteiger partial charge in [-0.05, 0) is 102 Å². The molecule has 0 saturated carbocycles. The number of hydrogen-bond donors (Lipinski definition) is 0. The first-order valence-electron chi connectivity index (χ1n) is 26.2. The number of para-hydroxylation sites is 4. The fraction of sp³-hybridized carbons (Fsp3) is 0.0294. The van der Waals surface area contributed by atoms with E-state index in [1.54, 1.807) is 0 Å². The molecule has 0 bridgehead atoms.